The Labute approximate surface area is 131 Å². The van der Waals surface area contributed by atoms with E-state index in [9.17, 15) is 22.8 Å². The molecule has 0 radical (unpaired) electrons. The first-order valence-corrected chi connectivity index (χ1v) is 7.16. The van der Waals surface area contributed by atoms with Crippen molar-refractivity contribution in [2.24, 2.45) is 0 Å². The second-order valence-corrected chi connectivity index (χ2v) is 5.47. The van der Waals surface area contributed by atoms with Crippen molar-refractivity contribution >= 4 is 11.8 Å². The van der Waals surface area contributed by atoms with E-state index >= 15 is 0 Å². The summed E-state index contributed by atoms with van der Waals surface area (Å²) < 4.78 is 37.5. The fraction of sp³-hybridized carbons (Fsp3) is 0.375. The molecule has 1 aliphatic rings. The van der Waals surface area contributed by atoms with Gasteiger partial charge in [-0.2, -0.15) is 13.2 Å². The molecule has 0 unspecified atom stereocenters. The van der Waals surface area contributed by atoms with Crippen LogP contribution >= 0.6 is 0 Å². The quantitative estimate of drug-likeness (QED) is 0.816. The molecule has 124 valence electrons. The molecule has 1 saturated carbocycles. The minimum absolute atomic E-state index is 0.0181. The van der Waals surface area contributed by atoms with Gasteiger partial charge in [-0.05, 0) is 42.5 Å². The number of benzene rings is 1. The van der Waals surface area contributed by atoms with E-state index in [0.29, 0.717) is 12.8 Å². The van der Waals surface area contributed by atoms with Crippen LogP contribution < -0.4 is 10.6 Å². The predicted octanol–water partition coefficient (Wildman–Crippen LogP) is 2.37. The van der Waals surface area contributed by atoms with Crippen molar-refractivity contribution in [3.8, 4) is 0 Å². The fourth-order valence-electron chi connectivity index (χ4n) is 2.47. The summed E-state index contributed by atoms with van der Waals surface area (Å²) in [6.45, 7) is 3.16. The molecule has 7 heteroatoms. The van der Waals surface area contributed by atoms with Crippen LogP contribution in [0, 0.1) is 0 Å². The lowest BCUT2D eigenvalue weighted by Crippen LogP contribution is -2.47. The van der Waals surface area contributed by atoms with Crippen LogP contribution in [0.25, 0.3) is 0 Å². The summed E-state index contributed by atoms with van der Waals surface area (Å²) in [6, 6.07) is 5.10. The van der Waals surface area contributed by atoms with Gasteiger partial charge < -0.3 is 10.6 Å². The average molecular weight is 326 g/mol. The van der Waals surface area contributed by atoms with Crippen LogP contribution in [-0.4, -0.2) is 24.4 Å². The highest BCUT2D eigenvalue weighted by Crippen LogP contribution is 2.38. The van der Waals surface area contributed by atoms with Gasteiger partial charge in [0.15, 0.2) is 0 Å². The van der Waals surface area contributed by atoms with Gasteiger partial charge in [0.25, 0.3) is 0 Å². The number of carbonyl (C=O) groups is 2. The highest BCUT2D eigenvalue weighted by atomic mass is 19.4. The Balaban J connectivity index is 1.77. The van der Waals surface area contributed by atoms with Crippen molar-refractivity contribution in [3.63, 3.8) is 0 Å². The lowest BCUT2D eigenvalue weighted by molar-refractivity contribution is -0.137. The lowest BCUT2D eigenvalue weighted by Gasteiger charge is -2.36. The highest BCUT2D eigenvalue weighted by molar-refractivity contribution is 5.90. The number of amides is 2. The number of nitrogens with one attached hydrogen (secondary N) is 2. The standard InChI is InChI=1S/C16H17F3N2O2/c1-2-14(22)20-9-15(23)21-13-7-11(8-13)10-3-5-12(6-4-10)16(17,18)19/h2-6,11,13H,1,7-9H2,(H,20,22)(H,21,23). The molecule has 2 N–H and O–H groups in total. The number of carbonyl (C=O) groups excluding carboxylic acids is 2. The minimum Gasteiger partial charge on any atom is -0.352 e. The summed E-state index contributed by atoms with van der Waals surface area (Å²) in [5.74, 6) is -0.571. The average Bonchev–Trinajstić information content (AvgIpc) is 2.47. The van der Waals surface area contributed by atoms with Crippen molar-refractivity contribution in [2.75, 3.05) is 6.54 Å². The maximum atomic E-state index is 12.5. The Morgan fingerprint density at radius 3 is 2.35 bits per heavy atom. The zero-order valence-corrected chi connectivity index (χ0v) is 12.3. The first-order chi connectivity index (χ1) is 10.8. The summed E-state index contributed by atoms with van der Waals surface area (Å²) >= 11 is 0. The maximum Gasteiger partial charge on any atom is 0.416 e. The molecule has 0 aromatic heterocycles. The van der Waals surface area contributed by atoms with Crippen LogP contribution in [0.4, 0.5) is 13.2 Å². The second-order valence-electron chi connectivity index (χ2n) is 5.47. The van der Waals surface area contributed by atoms with Crippen molar-refractivity contribution < 1.29 is 22.8 Å². The summed E-state index contributed by atoms with van der Waals surface area (Å²) in [4.78, 5) is 22.5. The monoisotopic (exact) mass is 326 g/mol. The molecule has 1 fully saturated rings. The van der Waals surface area contributed by atoms with Crippen LogP contribution in [0.2, 0.25) is 0 Å². The fourth-order valence-corrected chi connectivity index (χ4v) is 2.47. The van der Waals surface area contributed by atoms with E-state index in [1.807, 2.05) is 0 Å². The van der Waals surface area contributed by atoms with Crippen LogP contribution in [0.3, 0.4) is 0 Å². The van der Waals surface area contributed by atoms with Crippen molar-refractivity contribution in [2.45, 2.75) is 31.0 Å². The normalized spacial score (nSPS) is 20.3. The molecular formula is C16H17F3N2O2. The Morgan fingerprint density at radius 1 is 1.22 bits per heavy atom. The number of rotatable bonds is 5. The number of hydrogen-bond donors (Lipinski definition) is 2. The Kier molecular flexibility index (Phi) is 5.08. The second kappa shape index (κ2) is 6.85. The SMILES string of the molecule is C=CC(=O)NCC(=O)NC1CC(c2ccc(C(F)(F)F)cc2)C1. The highest BCUT2D eigenvalue weighted by Gasteiger charge is 2.33. The van der Waals surface area contributed by atoms with Gasteiger partial charge in [0, 0.05) is 6.04 Å². The first kappa shape index (κ1) is 17.1. The van der Waals surface area contributed by atoms with E-state index in [4.69, 9.17) is 0 Å². The van der Waals surface area contributed by atoms with Gasteiger partial charge in [0.1, 0.15) is 0 Å². The molecule has 2 rings (SSSR count). The Bertz CT molecular complexity index is 590. The molecule has 1 aromatic rings. The smallest absolute Gasteiger partial charge is 0.352 e. The molecule has 1 aliphatic carbocycles. The Hall–Kier alpha value is -2.31. The van der Waals surface area contributed by atoms with Crippen LogP contribution in [0.1, 0.15) is 29.9 Å². The molecule has 4 nitrogen and oxygen atoms in total. The van der Waals surface area contributed by atoms with Crippen LogP contribution in [0.15, 0.2) is 36.9 Å². The maximum absolute atomic E-state index is 12.5. The van der Waals surface area contributed by atoms with Gasteiger partial charge in [0.05, 0.1) is 12.1 Å². The van der Waals surface area contributed by atoms with E-state index in [1.54, 1.807) is 0 Å². The molecule has 23 heavy (non-hydrogen) atoms. The lowest BCUT2D eigenvalue weighted by atomic mass is 9.75. The van der Waals surface area contributed by atoms with E-state index in [2.05, 4.69) is 17.2 Å². The molecule has 0 saturated heterocycles. The zero-order chi connectivity index (χ0) is 17.0. The third-order valence-corrected chi connectivity index (χ3v) is 3.82. The summed E-state index contributed by atoms with van der Waals surface area (Å²) in [5, 5.41) is 5.14. The third kappa shape index (κ3) is 4.58. The first-order valence-electron chi connectivity index (χ1n) is 7.16. The summed E-state index contributed by atoms with van der Waals surface area (Å²) in [7, 11) is 0. The number of halogens is 3. The van der Waals surface area contributed by atoms with E-state index in [-0.39, 0.29) is 24.4 Å². The molecule has 0 heterocycles. The van der Waals surface area contributed by atoms with Crippen molar-refractivity contribution in [1.29, 1.82) is 0 Å². The molecule has 0 bridgehead atoms. The zero-order valence-electron chi connectivity index (χ0n) is 12.3. The van der Waals surface area contributed by atoms with E-state index < -0.39 is 17.6 Å². The van der Waals surface area contributed by atoms with Crippen molar-refractivity contribution in [1.82, 2.24) is 10.6 Å². The van der Waals surface area contributed by atoms with Crippen LogP contribution in [-0.2, 0) is 15.8 Å². The molecule has 1 aromatic carbocycles. The molecule has 2 amide bonds. The predicted molar refractivity (Wildman–Crippen MR) is 78.6 cm³/mol. The van der Waals surface area contributed by atoms with E-state index in [1.165, 1.54) is 12.1 Å². The molecule has 0 spiro atoms. The third-order valence-electron chi connectivity index (χ3n) is 3.82. The van der Waals surface area contributed by atoms with Crippen LogP contribution in [0.5, 0.6) is 0 Å². The van der Waals surface area contributed by atoms with Gasteiger partial charge in [-0.15, -0.1) is 0 Å². The minimum atomic E-state index is -4.33. The van der Waals surface area contributed by atoms with E-state index in [0.717, 1.165) is 23.8 Å². The van der Waals surface area contributed by atoms with Gasteiger partial charge in [-0.3, -0.25) is 9.59 Å². The Morgan fingerprint density at radius 2 is 1.83 bits per heavy atom. The molecular weight excluding hydrogens is 309 g/mol. The van der Waals surface area contributed by atoms with Gasteiger partial charge in [-0.1, -0.05) is 18.7 Å². The topological polar surface area (TPSA) is 58.2 Å². The summed E-state index contributed by atoms with van der Waals surface area (Å²) in [6.07, 6.45) is -1.90. The molecule has 0 atom stereocenters. The largest absolute Gasteiger partial charge is 0.416 e. The van der Waals surface area contributed by atoms with Gasteiger partial charge in [-0.25, -0.2) is 0 Å². The molecule has 0 aliphatic heterocycles. The summed E-state index contributed by atoms with van der Waals surface area (Å²) in [5.41, 5.74) is 0.173. The van der Waals surface area contributed by atoms with Gasteiger partial charge in [0.2, 0.25) is 11.8 Å². The van der Waals surface area contributed by atoms with Crippen molar-refractivity contribution in [3.05, 3.63) is 48.0 Å². The number of alkyl halides is 3. The van der Waals surface area contributed by atoms with Gasteiger partial charge >= 0.3 is 6.18 Å². The number of hydrogen-bond acceptors (Lipinski definition) is 2.